The molecule has 1 amide bonds. The van der Waals surface area contributed by atoms with E-state index in [1.54, 1.807) is 12.1 Å². The molecule has 1 heterocycles. The molecule has 0 saturated carbocycles. The minimum Gasteiger partial charge on any atom is -0.478 e. The Bertz CT molecular complexity index is 1760. The number of aromatic carboxylic acids is 1. The van der Waals surface area contributed by atoms with Crippen LogP contribution in [0.15, 0.2) is 89.4 Å². The summed E-state index contributed by atoms with van der Waals surface area (Å²) >= 11 is 7.98. The van der Waals surface area contributed by atoms with Gasteiger partial charge in [0.25, 0.3) is 5.91 Å². The summed E-state index contributed by atoms with van der Waals surface area (Å²) in [5.74, 6) is 0.418. The third kappa shape index (κ3) is 7.03. The number of halogens is 1. The summed E-state index contributed by atoms with van der Waals surface area (Å²) in [6, 6.07) is 26.8. The number of nitrogens with one attached hydrogen (secondary N) is 1. The fourth-order valence-electron chi connectivity index (χ4n) is 5.39. The lowest BCUT2D eigenvalue weighted by molar-refractivity contribution is 0.0697. The van der Waals surface area contributed by atoms with Crippen LogP contribution < -0.4 is 5.32 Å². The van der Waals surface area contributed by atoms with Crippen LogP contribution in [-0.2, 0) is 19.4 Å². The number of rotatable bonds is 11. The van der Waals surface area contributed by atoms with Gasteiger partial charge in [0.05, 0.1) is 16.6 Å². The number of aromatic nitrogens is 2. The van der Waals surface area contributed by atoms with E-state index in [4.69, 9.17) is 4.98 Å². The first-order chi connectivity index (χ1) is 20.8. The van der Waals surface area contributed by atoms with Gasteiger partial charge >= 0.3 is 5.97 Å². The maximum atomic E-state index is 13.5. The molecular weight excluding hydrogens is 622 g/mol. The predicted molar refractivity (Wildman–Crippen MR) is 179 cm³/mol. The molecule has 0 radical (unpaired) electrons. The smallest absolute Gasteiger partial charge is 0.336 e. The van der Waals surface area contributed by atoms with Crippen molar-refractivity contribution in [1.82, 2.24) is 14.9 Å². The highest BCUT2D eigenvalue weighted by Gasteiger charge is 2.19. The highest BCUT2D eigenvalue weighted by atomic mass is 79.9. The molecule has 0 aliphatic heterocycles. The molecule has 0 fully saturated rings. The molecule has 0 saturated heterocycles. The first-order valence-electron chi connectivity index (χ1n) is 14.3. The lowest BCUT2D eigenvalue weighted by Gasteiger charge is -2.17. The van der Waals surface area contributed by atoms with Gasteiger partial charge in [0.15, 0.2) is 0 Å². The molecule has 6 nitrogen and oxygen atoms in total. The Kier molecular flexibility index (Phi) is 9.68. The topological polar surface area (TPSA) is 84.2 Å². The van der Waals surface area contributed by atoms with Gasteiger partial charge < -0.3 is 15.0 Å². The second kappa shape index (κ2) is 13.6. The Morgan fingerprint density at radius 2 is 1.70 bits per heavy atom. The molecule has 43 heavy (non-hydrogen) atoms. The van der Waals surface area contributed by atoms with E-state index in [-0.39, 0.29) is 17.5 Å². The molecular formula is C35H34BrN3O3S. The molecule has 1 aromatic heterocycles. The Hall–Kier alpha value is -3.88. The minimum absolute atomic E-state index is 0.113. The average molecular weight is 657 g/mol. The number of benzene rings is 4. The van der Waals surface area contributed by atoms with E-state index in [0.717, 1.165) is 56.4 Å². The summed E-state index contributed by atoms with van der Waals surface area (Å²) < 4.78 is 3.21. The number of imidazole rings is 1. The summed E-state index contributed by atoms with van der Waals surface area (Å²) in [5.41, 5.74) is 7.37. The molecule has 0 aliphatic rings. The van der Waals surface area contributed by atoms with Crippen LogP contribution in [0.2, 0.25) is 0 Å². The van der Waals surface area contributed by atoms with Crippen LogP contribution in [0, 0.1) is 6.92 Å². The monoisotopic (exact) mass is 655 g/mol. The minimum atomic E-state index is -0.946. The van der Waals surface area contributed by atoms with Crippen molar-refractivity contribution in [2.75, 3.05) is 5.75 Å². The zero-order valence-electron chi connectivity index (χ0n) is 24.2. The van der Waals surface area contributed by atoms with Crippen LogP contribution in [0.25, 0.3) is 22.2 Å². The van der Waals surface area contributed by atoms with Crippen LogP contribution in [0.3, 0.4) is 0 Å². The van der Waals surface area contributed by atoms with E-state index in [1.807, 2.05) is 79.7 Å². The number of hydrogen-bond acceptors (Lipinski definition) is 4. The fraction of sp³-hybridized carbons (Fsp3) is 0.229. The normalized spacial score (nSPS) is 11.9. The van der Waals surface area contributed by atoms with Gasteiger partial charge in [-0.15, -0.1) is 0 Å². The molecule has 5 aromatic rings. The lowest BCUT2D eigenvalue weighted by atomic mass is 9.98. The summed E-state index contributed by atoms with van der Waals surface area (Å²) in [6.45, 7) is 4.71. The number of hydrogen-bond donors (Lipinski definition) is 3. The van der Waals surface area contributed by atoms with E-state index in [0.29, 0.717) is 29.8 Å². The number of carbonyl (C=O) groups is 2. The molecule has 0 aliphatic carbocycles. The number of fused-ring (bicyclic) bond motifs is 1. The average Bonchev–Trinajstić information content (AvgIpc) is 3.35. The molecule has 5 rings (SSSR count). The van der Waals surface area contributed by atoms with E-state index in [9.17, 15) is 14.7 Å². The maximum absolute atomic E-state index is 13.5. The molecule has 2 N–H and O–H groups in total. The molecule has 4 aromatic carbocycles. The van der Waals surface area contributed by atoms with Crippen molar-refractivity contribution in [3.63, 3.8) is 0 Å². The van der Waals surface area contributed by atoms with Crippen LogP contribution in [0.4, 0.5) is 0 Å². The lowest BCUT2D eigenvalue weighted by Crippen LogP contribution is -2.37. The summed E-state index contributed by atoms with van der Waals surface area (Å²) in [7, 11) is 0. The van der Waals surface area contributed by atoms with Crippen LogP contribution in [0.5, 0.6) is 0 Å². The van der Waals surface area contributed by atoms with Crippen molar-refractivity contribution in [3.05, 3.63) is 123 Å². The van der Waals surface area contributed by atoms with E-state index in [1.165, 1.54) is 0 Å². The first kappa shape index (κ1) is 30.6. The van der Waals surface area contributed by atoms with Gasteiger partial charge in [0.2, 0.25) is 0 Å². The van der Waals surface area contributed by atoms with Crippen molar-refractivity contribution < 1.29 is 14.7 Å². The van der Waals surface area contributed by atoms with Crippen LogP contribution in [0.1, 0.15) is 56.6 Å². The van der Waals surface area contributed by atoms with E-state index < -0.39 is 5.97 Å². The third-order valence-electron chi connectivity index (χ3n) is 7.57. The summed E-state index contributed by atoms with van der Waals surface area (Å²) in [4.78, 5) is 30.2. The largest absolute Gasteiger partial charge is 0.478 e. The van der Waals surface area contributed by atoms with Gasteiger partial charge in [-0.05, 0) is 77.9 Å². The van der Waals surface area contributed by atoms with Crippen molar-refractivity contribution in [2.24, 2.45) is 0 Å². The predicted octanol–water partition coefficient (Wildman–Crippen LogP) is 7.74. The van der Waals surface area contributed by atoms with Crippen molar-refractivity contribution >= 4 is 51.5 Å². The molecule has 0 bridgehead atoms. The second-order valence-electron chi connectivity index (χ2n) is 10.8. The Balaban J connectivity index is 1.43. The zero-order chi connectivity index (χ0) is 30.5. The van der Waals surface area contributed by atoms with Gasteiger partial charge in [-0.3, -0.25) is 4.79 Å². The fourth-order valence-corrected chi connectivity index (χ4v) is 5.88. The summed E-state index contributed by atoms with van der Waals surface area (Å²) in [6.07, 6.45) is 2.45. The summed E-state index contributed by atoms with van der Waals surface area (Å²) in [5, 5.41) is 12.8. The van der Waals surface area contributed by atoms with Crippen molar-refractivity contribution in [1.29, 1.82) is 0 Å². The molecule has 0 spiro atoms. The molecule has 1 unspecified atom stereocenters. The first-order valence-corrected chi connectivity index (χ1v) is 15.8. The van der Waals surface area contributed by atoms with Gasteiger partial charge in [-0.2, -0.15) is 12.6 Å². The highest BCUT2D eigenvalue weighted by Crippen LogP contribution is 2.27. The number of carbonyl (C=O) groups excluding carboxylic acids is 1. The SMILES string of the molecule is CCCc1nc2c(C)cc(C(=O)NC(CS)Cc3ccc(Br)cc3)cc2n1Cc1ccc(-c2ccccc2C(=O)O)cc1. The number of carboxylic acids is 1. The Morgan fingerprint density at radius 3 is 2.37 bits per heavy atom. The van der Waals surface area contributed by atoms with Gasteiger partial charge in [-0.1, -0.05) is 77.5 Å². The maximum Gasteiger partial charge on any atom is 0.336 e. The number of nitrogens with zero attached hydrogens (tertiary/aromatic N) is 2. The molecule has 8 heteroatoms. The second-order valence-corrected chi connectivity index (χ2v) is 12.0. The van der Waals surface area contributed by atoms with Crippen LogP contribution in [-0.4, -0.2) is 38.3 Å². The van der Waals surface area contributed by atoms with Crippen LogP contribution >= 0.6 is 28.6 Å². The number of aryl methyl sites for hydroxylation is 2. The van der Waals surface area contributed by atoms with Gasteiger partial charge in [-0.25, -0.2) is 9.78 Å². The number of thiol groups is 1. The van der Waals surface area contributed by atoms with Gasteiger partial charge in [0.1, 0.15) is 5.82 Å². The Labute approximate surface area is 265 Å². The van der Waals surface area contributed by atoms with E-state index >= 15 is 0 Å². The zero-order valence-corrected chi connectivity index (χ0v) is 26.7. The van der Waals surface area contributed by atoms with E-state index in [2.05, 4.69) is 45.4 Å². The third-order valence-corrected chi connectivity index (χ3v) is 8.54. The standard InChI is InChI=1S/C35H34BrN3O3S/c1-3-6-32-38-33-22(2)17-26(34(40)37-28(21-43)18-23-11-15-27(36)16-12-23)19-31(33)39(32)20-24-9-13-25(14-10-24)29-7-4-5-8-30(29)35(41)42/h4-5,7-17,19,28,43H,3,6,18,20-21H2,1-2H3,(H,37,40)(H,41,42). The van der Waals surface area contributed by atoms with Gasteiger partial charge in [0, 0.05) is 34.8 Å². The van der Waals surface area contributed by atoms with Crippen molar-refractivity contribution in [2.45, 2.75) is 45.7 Å². The number of carboxylic acid groups (broad SMARTS) is 1. The Morgan fingerprint density at radius 1 is 1.00 bits per heavy atom. The highest BCUT2D eigenvalue weighted by molar-refractivity contribution is 9.10. The molecule has 220 valence electrons. The molecule has 1 atom stereocenters. The van der Waals surface area contributed by atoms with Crippen molar-refractivity contribution in [3.8, 4) is 11.1 Å². The quantitative estimate of drug-likeness (QED) is 0.127. The number of amides is 1.